The summed E-state index contributed by atoms with van der Waals surface area (Å²) in [6.07, 6.45) is 1.82. The summed E-state index contributed by atoms with van der Waals surface area (Å²) >= 11 is 0. The van der Waals surface area contributed by atoms with Crippen LogP contribution in [0.5, 0.6) is 11.5 Å². The first-order chi connectivity index (χ1) is 10.6. The molecule has 0 spiro atoms. The van der Waals surface area contributed by atoms with Gasteiger partial charge in [0.2, 0.25) is 0 Å². The van der Waals surface area contributed by atoms with E-state index in [9.17, 15) is 4.79 Å². The Labute approximate surface area is 130 Å². The van der Waals surface area contributed by atoms with E-state index in [0.29, 0.717) is 17.2 Å². The van der Waals surface area contributed by atoms with Crippen molar-refractivity contribution in [2.75, 3.05) is 6.61 Å². The molecule has 0 atom stereocenters. The van der Waals surface area contributed by atoms with E-state index in [1.807, 2.05) is 54.6 Å². The van der Waals surface area contributed by atoms with Crippen LogP contribution < -0.4 is 9.47 Å². The summed E-state index contributed by atoms with van der Waals surface area (Å²) in [4.78, 5) is 12.2. The lowest BCUT2D eigenvalue weighted by atomic mass is 10.0. The molecule has 1 heterocycles. The molecule has 3 nitrogen and oxygen atoms in total. The zero-order valence-electron chi connectivity index (χ0n) is 12.7. The highest BCUT2D eigenvalue weighted by Gasteiger charge is 2.18. The third kappa shape index (κ3) is 3.03. The summed E-state index contributed by atoms with van der Waals surface area (Å²) in [5.41, 5.74) is 2.64. The van der Waals surface area contributed by atoms with Gasteiger partial charge in [-0.1, -0.05) is 44.2 Å². The van der Waals surface area contributed by atoms with Crippen molar-refractivity contribution in [3.05, 3.63) is 65.2 Å². The van der Waals surface area contributed by atoms with Gasteiger partial charge in [0, 0.05) is 5.56 Å². The number of esters is 1. The fraction of sp³-hybridized carbons (Fsp3) is 0.211. The lowest BCUT2D eigenvalue weighted by molar-refractivity contribution is -0.130. The van der Waals surface area contributed by atoms with E-state index in [2.05, 4.69) is 13.8 Å². The molecule has 22 heavy (non-hydrogen) atoms. The maximum atomic E-state index is 12.2. The van der Waals surface area contributed by atoms with Crippen molar-refractivity contribution in [2.24, 2.45) is 0 Å². The van der Waals surface area contributed by atoms with Crippen molar-refractivity contribution in [1.82, 2.24) is 0 Å². The first kappa shape index (κ1) is 14.4. The van der Waals surface area contributed by atoms with Gasteiger partial charge in [0.05, 0.1) is 5.57 Å². The van der Waals surface area contributed by atoms with E-state index in [-0.39, 0.29) is 12.6 Å². The van der Waals surface area contributed by atoms with Crippen LogP contribution in [0.4, 0.5) is 0 Å². The van der Waals surface area contributed by atoms with Crippen LogP contribution in [0.25, 0.3) is 6.08 Å². The summed E-state index contributed by atoms with van der Waals surface area (Å²) in [5, 5.41) is 0. The van der Waals surface area contributed by atoms with Gasteiger partial charge < -0.3 is 9.47 Å². The fourth-order valence-electron chi connectivity index (χ4n) is 2.33. The SMILES string of the molecule is CC(C)c1ccc(OC(=O)C2=Cc3ccccc3OC2)cc1. The molecule has 0 bridgehead atoms. The Morgan fingerprint density at radius 3 is 2.55 bits per heavy atom. The Bertz CT molecular complexity index is 712. The molecule has 3 heteroatoms. The van der Waals surface area contributed by atoms with Gasteiger partial charge in [0.15, 0.2) is 0 Å². The highest BCUT2D eigenvalue weighted by Crippen LogP contribution is 2.26. The number of fused-ring (bicyclic) bond motifs is 1. The molecule has 0 radical (unpaired) electrons. The van der Waals surface area contributed by atoms with Crippen molar-refractivity contribution in [3.8, 4) is 11.5 Å². The van der Waals surface area contributed by atoms with Crippen molar-refractivity contribution in [1.29, 1.82) is 0 Å². The van der Waals surface area contributed by atoms with Crippen LogP contribution in [-0.4, -0.2) is 12.6 Å². The molecule has 0 aliphatic carbocycles. The normalized spacial score (nSPS) is 13.1. The van der Waals surface area contributed by atoms with Crippen LogP contribution in [0.15, 0.2) is 54.1 Å². The van der Waals surface area contributed by atoms with Gasteiger partial charge in [-0.15, -0.1) is 0 Å². The number of carbonyl (C=O) groups excluding carboxylic acids is 1. The second-order valence-corrected chi connectivity index (χ2v) is 5.61. The monoisotopic (exact) mass is 294 g/mol. The van der Waals surface area contributed by atoms with Gasteiger partial charge >= 0.3 is 5.97 Å². The molecule has 0 saturated heterocycles. The smallest absolute Gasteiger partial charge is 0.342 e. The Morgan fingerprint density at radius 1 is 1.09 bits per heavy atom. The fourth-order valence-corrected chi connectivity index (χ4v) is 2.33. The van der Waals surface area contributed by atoms with Crippen LogP contribution in [0, 0.1) is 0 Å². The van der Waals surface area contributed by atoms with Crippen LogP contribution in [0.3, 0.4) is 0 Å². The summed E-state index contributed by atoms with van der Waals surface area (Å²) in [6.45, 7) is 4.49. The Kier molecular flexibility index (Phi) is 3.96. The zero-order chi connectivity index (χ0) is 15.5. The minimum atomic E-state index is -0.369. The van der Waals surface area contributed by atoms with E-state index in [1.54, 1.807) is 0 Å². The molecule has 1 aliphatic rings. The van der Waals surface area contributed by atoms with Crippen molar-refractivity contribution in [2.45, 2.75) is 19.8 Å². The Hall–Kier alpha value is -2.55. The van der Waals surface area contributed by atoms with E-state index >= 15 is 0 Å². The maximum Gasteiger partial charge on any atom is 0.342 e. The quantitative estimate of drug-likeness (QED) is 0.629. The molecule has 0 unspecified atom stereocenters. The molecule has 0 aromatic heterocycles. The molecule has 0 fully saturated rings. The number of para-hydroxylation sites is 1. The molecule has 0 saturated carbocycles. The number of benzene rings is 2. The minimum absolute atomic E-state index is 0.236. The average Bonchev–Trinajstić information content (AvgIpc) is 2.55. The Balaban J connectivity index is 1.74. The highest BCUT2D eigenvalue weighted by atomic mass is 16.5. The number of hydrogen-bond donors (Lipinski definition) is 0. The van der Waals surface area contributed by atoms with Gasteiger partial charge in [-0.3, -0.25) is 0 Å². The van der Waals surface area contributed by atoms with Crippen LogP contribution in [0.1, 0.15) is 30.9 Å². The number of ether oxygens (including phenoxy) is 2. The second-order valence-electron chi connectivity index (χ2n) is 5.61. The van der Waals surface area contributed by atoms with Gasteiger partial charge in [-0.25, -0.2) is 4.79 Å². The topological polar surface area (TPSA) is 35.5 Å². The molecule has 0 amide bonds. The predicted octanol–water partition coefficient (Wildman–Crippen LogP) is 4.19. The van der Waals surface area contributed by atoms with Gasteiger partial charge in [0.25, 0.3) is 0 Å². The van der Waals surface area contributed by atoms with Crippen LogP contribution in [0.2, 0.25) is 0 Å². The third-order valence-electron chi connectivity index (χ3n) is 3.65. The molecule has 1 aliphatic heterocycles. The molecule has 0 N–H and O–H groups in total. The predicted molar refractivity (Wildman–Crippen MR) is 86.1 cm³/mol. The molecule has 112 valence electrons. The van der Waals surface area contributed by atoms with Gasteiger partial charge in [-0.2, -0.15) is 0 Å². The summed E-state index contributed by atoms with van der Waals surface area (Å²) in [5.74, 6) is 1.43. The summed E-state index contributed by atoms with van der Waals surface area (Å²) < 4.78 is 11.0. The Morgan fingerprint density at radius 2 is 1.82 bits per heavy atom. The summed E-state index contributed by atoms with van der Waals surface area (Å²) in [6, 6.07) is 15.2. The van der Waals surface area contributed by atoms with E-state index in [1.165, 1.54) is 5.56 Å². The van der Waals surface area contributed by atoms with Crippen LogP contribution in [-0.2, 0) is 4.79 Å². The first-order valence-corrected chi connectivity index (χ1v) is 7.38. The lowest BCUT2D eigenvalue weighted by Gasteiger charge is -2.17. The van der Waals surface area contributed by atoms with Crippen molar-refractivity contribution in [3.63, 3.8) is 0 Å². The maximum absolute atomic E-state index is 12.2. The lowest BCUT2D eigenvalue weighted by Crippen LogP contribution is -2.19. The molecule has 3 rings (SSSR count). The van der Waals surface area contributed by atoms with Crippen LogP contribution >= 0.6 is 0 Å². The van der Waals surface area contributed by atoms with Crippen molar-refractivity contribution >= 4 is 12.0 Å². The molecular weight excluding hydrogens is 276 g/mol. The van der Waals surface area contributed by atoms with Gasteiger partial charge in [0.1, 0.15) is 18.1 Å². The first-order valence-electron chi connectivity index (χ1n) is 7.38. The summed E-state index contributed by atoms with van der Waals surface area (Å²) in [7, 11) is 0. The zero-order valence-corrected chi connectivity index (χ0v) is 12.7. The standard InChI is InChI=1S/C19H18O3/c1-13(2)14-7-9-17(10-8-14)22-19(20)16-11-15-5-3-4-6-18(15)21-12-16/h3-11,13H,12H2,1-2H3. The second kappa shape index (κ2) is 6.06. The third-order valence-corrected chi connectivity index (χ3v) is 3.65. The van der Waals surface area contributed by atoms with E-state index < -0.39 is 0 Å². The molecule has 2 aromatic rings. The van der Waals surface area contributed by atoms with E-state index in [0.717, 1.165) is 11.3 Å². The number of hydrogen-bond acceptors (Lipinski definition) is 3. The minimum Gasteiger partial charge on any atom is -0.488 e. The van der Waals surface area contributed by atoms with E-state index in [4.69, 9.17) is 9.47 Å². The molecule has 2 aromatic carbocycles. The van der Waals surface area contributed by atoms with Gasteiger partial charge in [-0.05, 0) is 35.8 Å². The average molecular weight is 294 g/mol. The number of carbonyl (C=O) groups is 1. The molecular formula is C19H18O3. The highest BCUT2D eigenvalue weighted by molar-refractivity contribution is 5.96. The largest absolute Gasteiger partial charge is 0.488 e. The van der Waals surface area contributed by atoms with Crippen molar-refractivity contribution < 1.29 is 14.3 Å². The number of rotatable bonds is 3.